The van der Waals surface area contributed by atoms with E-state index in [-0.39, 0.29) is 84.5 Å². The van der Waals surface area contributed by atoms with Gasteiger partial charge in [0.15, 0.2) is 0 Å². The number of aliphatic carboxylic acids is 3. The number of carboxylic acid groups (broad SMARTS) is 3. The van der Waals surface area contributed by atoms with E-state index >= 15 is 0 Å². The third kappa shape index (κ3) is 76.9. The van der Waals surface area contributed by atoms with Crippen LogP contribution in [0.3, 0.4) is 0 Å². The van der Waals surface area contributed by atoms with Gasteiger partial charge in [0.25, 0.3) is 0 Å². The van der Waals surface area contributed by atoms with E-state index in [0.717, 1.165) is 51.7 Å². The quantitative estimate of drug-likeness (QED) is 0.00635. The first-order valence-corrected chi connectivity index (χ1v) is 41.2. The number of esters is 1. The van der Waals surface area contributed by atoms with Gasteiger partial charge in [-0.3, -0.25) is 33.6 Å². The number of carboxylic acids is 3. The molecule has 6 aromatic rings. The minimum Gasteiger partial charge on any atom is -1.00 e. The standard InChI is InChI=1S/C14H18ClNO3.C14H19NO4.C13H18N2O4.C12H15NO4.C11H13NO4.C9H11NO2.C4H8O.C4H9.C2H3ClO2.C2H7NO.BrH.Cl2OS.Mg/c1-14(2,3)19-13(18)16-11(9-12(15)17)10-7-5-4-6-8-10;1-14(2,3)19-13(18)15-11(9-12(16)17)10-7-5-4-6-8-10;1-15(19-3)12(16)9-11(14-13(17)18-2)10-7-5-4-6-8-10;1-16-11(14)8-10(13-12(15)17-2)9-6-4-3-5-7-9;1-16-11(15)12-9(7-10(13)14)8-5-3-2-4-6-8;10-8(6-9(11)12)7-4-2-1-3-5-7;1-2-4-5-3-1;1-4(2)3;1-5-2(3)4;1-3-4-2;;1-4(2)3;/h4-8,11H,9H2,1-3H3,(H,16,18);4-8,11H,9H2,1-3H3,(H,15,18)(H,16,17);4-8,11H,9H2,1-3H3,(H,14,17);3-7,10H,8H2,1-2H3,(H,13,15);2-6,9H,7H2,1H3,(H,12,15)(H,13,14);1-5,8H,6,10H2,(H,11,12);1-4H2;1-3H3;1H3;3H,1-2H3;1H;;/q;;;;;;;-1;;;;;+2/p-1/t3*11-;10-;9-;8-;;;;;;;/m111111......./s1. The molecule has 34 nitrogen and oxygen atoms in total. The van der Waals surface area contributed by atoms with Crippen LogP contribution in [0, 0.1) is 5.92 Å². The first kappa shape index (κ1) is 127. The molecule has 0 unspecified atom stereocenters. The molecule has 0 aliphatic carbocycles. The fourth-order valence-corrected chi connectivity index (χ4v) is 9.03. The molecule has 0 saturated carbocycles. The number of alkyl carbamates (subject to hydrolysis) is 5. The first-order valence-electron chi connectivity index (χ1n) is 37.6. The van der Waals surface area contributed by atoms with Crippen molar-refractivity contribution in [2.45, 2.75) is 161 Å². The monoisotopic (exact) mass is 1940 g/mol. The predicted molar refractivity (Wildman–Crippen MR) is 478 cm³/mol. The van der Waals surface area contributed by atoms with Gasteiger partial charge in [-0.1, -0.05) is 182 Å². The van der Waals surface area contributed by atoms with Gasteiger partial charge in [0.1, 0.15) is 11.2 Å². The molecular formula is C85H121BrCl4MgN8O26S. The number of benzene rings is 6. The fraction of sp³-hybridized carbons (Fsp3) is 0.424. The van der Waals surface area contributed by atoms with Crippen molar-refractivity contribution in [2.75, 3.05) is 77.1 Å². The minimum atomic E-state index is -1.67. The van der Waals surface area contributed by atoms with Gasteiger partial charge >= 0.3 is 82.8 Å². The van der Waals surface area contributed by atoms with E-state index in [2.05, 4.69) is 114 Å². The summed E-state index contributed by atoms with van der Waals surface area (Å²) in [6, 6.07) is 51.6. The third-order valence-corrected chi connectivity index (χ3v) is 14.7. The van der Waals surface area contributed by atoms with Crippen LogP contribution >= 0.6 is 44.6 Å². The Hall–Kier alpha value is -9.48. The number of rotatable bonds is 25. The summed E-state index contributed by atoms with van der Waals surface area (Å²) in [5, 5.41) is 39.6. The number of nitrogens with two attached hydrogens (primary N) is 1. The molecular weight excluding hydrogens is 1830 g/mol. The number of nitrogens with zero attached hydrogens (tertiary/aromatic N) is 1. The van der Waals surface area contributed by atoms with Crippen LogP contribution in [0.15, 0.2) is 182 Å². The molecule has 0 bridgehead atoms. The molecule has 0 spiro atoms. The van der Waals surface area contributed by atoms with Crippen molar-refractivity contribution in [3.05, 3.63) is 221 Å². The Labute approximate surface area is 786 Å². The van der Waals surface area contributed by atoms with E-state index in [1.165, 1.54) is 68.5 Å². The van der Waals surface area contributed by atoms with Crippen molar-refractivity contribution in [3.63, 3.8) is 0 Å². The SMILES string of the molecule is C1CCOC1.CC(C)(C)OC(=O)N[C@H](CC(=O)Cl)c1ccccc1.CC(C)(C)OC(=O)N[C@H](CC(=O)O)c1ccccc1.CNOC.COC(=O)C[C@@H](NC(=O)OC)c1ccccc1.COC(=O)Cl.COC(=O)N[C@H](CC(=O)N(C)OC)c1ccccc1.COC(=O)N[C@H](CC(=O)O)c1ccccc1.C[C-](C)C.N[C@H](CC(=O)O)c1ccccc1.O=S(Cl)Cl.[Br-].[Mg+2]. The van der Waals surface area contributed by atoms with Crippen LogP contribution in [0.1, 0.15) is 183 Å². The van der Waals surface area contributed by atoms with E-state index in [1.807, 2.05) is 133 Å². The molecule has 41 heteroatoms. The summed E-state index contributed by atoms with van der Waals surface area (Å²) in [5.74, 6) is -2.05. The second-order valence-electron chi connectivity index (χ2n) is 27.3. The maximum atomic E-state index is 11.8. The zero-order valence-corrected chi connectivity index (χ0v) is 81.0. The summed E-state index contributed by atoms with van der Waals surface area (Å²) < 4.78 is 46.3. The predicted octanol–water partition coefficient (Wildman–Crippen LogP) is 12.8. The molecule has 700 valence electrons. The fourth-order valence-electron chi connectivity index (χ4n) is 8.87. The van der Waals surface area contributed by atoms with Gasteiger partial charge in [0, 0.05) is 72.7 Å². The number of halogens is 5. The van der Waals surface area contributed by atoms with Crippen molar-refractivity contribution >= 4 is 148 Å². The van der Waals surface area contributed by atoms with Gasteiger partial charge in [-0.25, -0.2) is 43.5 Å². The minimum absolute atomic E-state index is 0. The number of hydroxylamine groups is 3. The largest absolute Gasteiger partial charge is 2.00 e. The van der Waals surface area contributed by atoms with Crippen LogP contribution in [-0.2, 0) is 85.6 Å². The molecule has 11 N–H and O–H groups in total. The number of ether oxygens (including phenoxy) is 8. The Morgan fingerprint density at radius 2 is 0.683 bits per heavy atom. The molecule has 126 heavy (non-hydrogen) atoms. The Morgan fingerprint density at radius 3 is 0.881 bits per heavy atom. The summed E-state index contributed by atoms with van der Waals surface area (Å²) in [5.41, 5.74) is 10.8. The molecule has 1 saturated heterocycles. The number of methoxy groups -OCH3 is 5. The van der Waals surface area contributed by atoms with Gasteiger partial charge in [-0.05, 0) is 99.4 Å². The third-order valence-electron chi connectivity index (χ3n) is 14.4. The summed E-state index contributed by atoms with van der Waals surface area (Å²) in [6.07, 6.45) is -0.669. The normalized spacial score (nSPS) is 11.8. The second kappa shape index (κ2) is 77.8. The zero-order chi connectivity index (χ0) is 95.2. The van der Waals surface area contributed by atoms with Crippen LogP contribution in [0.25, 0.3) is 0 Å². The van der Waals surface area contributed by atoms with Crippen LogP contribution < -0.4 is 54.8 Å². The van der Waals surface area contributed by atoms with Crippen LogP contribution in [0.5, 0.6) is 0 Å². The van der Waals surface area contributed by atoms with E-state index in [0.29, 0.717) is 0 Å². The topological polar surface area (TPSA) is 476 Å². The Morgan fingerprint density at radius 1 is 0.444 bits per heavy atom. The number of hydrogen-bond donors (Lipinski definition) is 10. The smallest absolute Gasteiger partial charge is 1.00 e. The molecule has 6 atom stereocenters. The van der Waals surface area contributed by atoms with Crippen LogP contribution in [-0.4, -0.2) is 207 Å². The number of carbonyl (C=O) groups excluding carboxylic acids is 9. The molecule has 0 aromatic heterocycles. The molecule has 1 fully saturated rings. The Kier molecular flexibility index (Phi) is 78.6. The zero-order valence-electron chi connectivity index (χ0n) is 74.1. The van der Waals surface area contributed by atoms with Gasteiger partial charge in [-0.2, -0.15) is 20.8 Å². The molecule has 0 radical (unpaired) electrons. The summed E-state index contributed by atoms with van der Waals surface area (Å²) in [4.78, 5) is 141. The first-order chi connectivity index (χ1) is 58.3. The maximum absolute atomic E-state index is 11.8. The number of hydrogen-bond acceptors (Lipinski definition) is 25. The van der Waals surface area contributed by atoms with Gasteiger partial charge < -0.3 is 113 Å². The van der Waals surface area contributed by atoms with Crippen LogP contribution in [0.4, 0.5) is 28.8 Å². The van der Waals surface area contributed by atoms with E-state index in [9.17, 15) is 57.5 Å². The summed E-state index contributed by atoms with van der Waals surface area (Å²) in [6.45, 7) is 18.8. The van der Waals surface area contributed by atoms with E-state index < -0.39 is 122 Å². The van der Waals surface area contributed by atoms with E-state index in [1.54, 1.807) is 104 Å². The Bertz CT molecular complexity index is 3840. The van der Waals surface area contributed by atoms with E-state index in [4.69, 9.17) is 55.9 Å². The van der Waals surface area contributed by atoms with Gasteiger partial charge in [0.2, 0.25) is 20.4 Å². The summed E-state index contributed by atoms with van der Waals surface area (Å²) >= 11 is 10.0. The molecule has 6 amide bonds. The van der Waals surface area contributed by atoms with Gasteiger partial charge in [0.05, 0.1) is 112 Å². The van der Waals surface area contributed by atoms with Crippen molar-refractivity contribution in [1.82, 2.24) is 37.1 Å². The average Bonchev–Trinajstić information content (AvgIpc) is 0.858. The number of nitrogens with one attached hydrogen (secondary N) is 6. The molecule has 7 rings (SSSR count). The van der Waals surface area contributed by atoms with Crippen LogP contribution in [0.2, 0.25) is 0 Å². The van der Waals surface area contributed by atoms with Gasteiger partial charge in [-0.15, -0.1) is 0 Å². The molecule has 6 aromatic carbocycles. The van der Waals surface area contributed by atoms with Crippen molar-refractivity contribution in [3.8, 4) is 0 Å². The molecule has 1 aliphatic rings. The molecule has 1 aliphatic heterocycles. The number of amides is 6. The summed E-state index contributed by atoms with van der Waals surface area (Å²) in [7, 11) is 19.9. The van der Waals surface area contributed by atoms with Crippen molar-refractivity contribution in [1.29, 1.82) is 0 Å². The molecule has 1 heterocycles. The number of carbonyl (C=O) groups is 12. The van der Waals surface area contributed by atoms with Crippen molar-refractivity contribution < 1.29 is 142 Å². The van der Waals surface area contributed by atoms with Crippen molar-refractivity contribution in [2.24, 2.45) is 5.73 Å². The average molecular weight is 1950 g/mol. The maximum Gasteiger partial charge on any atom is 2.00 e. The Balaban J connectivity index is -0.000000326. The second-order valence-corrected chi connectivity index (χ2v) is 30.6.